The van der Waals surface area contributed by atoms with Gasteiger partial charge in [0.1, 0.15) is 5.56 Å². The number of thiazole rings is 1. The number of carbonyl (C=O) groups excluding carboxylic acids is 2. The van der Waals surface area contributed by atoms with E-state index in [-0.39, 0.29) is 17.9 Å². The van der Waals surface area contributed by atoms with Crippen LogP contribution >= 0.6 is 11.3 Å². The van der Waals surface area contributed by atoms with Gasteiger partial charge in [-0.05, 0) is 37.6 Å². The summed E-state index contributed by atoms with van der Waals surface area (Å²) in [6.45, 7) is 1.98. The van der Waals surface area contributed by atoms with E-state index in [1.807, 2.05) is 31.2 Å². The monoisotopic (exact) mass is 382 g/mol. The predicted octanol–water partition coefficient (Wildman–Crippen LogP) is 2.96. The summed E-state index contributed by atoms with van der Waals surface area (Å²) >= 11 is 1.25. The molecule has 8 heteroatoms. The Kier molecular flexibility index (Phi) is 5.77. The first kappa shape index (κ1) is 18.5. The van der Waals surface area contributed by atoms with Gasteiger partial charge in [0, 0.05) is 23.7 Å². The Labute approximate surface area is 159 Å². The molecule has 3 rings (SSSR count). The summed E-state index contributed by atoms with van der Waals surface area (Å²) in [4.78, 5) is 42.5. The summed E-state index contributed by atoms with van der Waals surface area (Å²) in [6, 6.07) is 10.6. The van der Waals surface area contributed by atoms with E-state index in [1.54, 1.807) is 11.4 Å². The van der Waals surface area contributed by atoms with E-state index in [9.17, 15) is 14.4 Å². The SMILES string of the molecule is Cc1ccc(NC(=O)CCc2csc(NC(=O)c3ccc[nH]c3=O)n2)cc1. The van der Waals surface area contributed by atoms with Crippen LogP contribution in [0.2, 0.25) is 0 Å². The molecule has 0 radical (unpaired) electrons. The van der Waals surface area contributed by atoms with E-state index < -0.39 is 11.5 Å². The molecule has 138 valence electrons. The van der Waals surface area contributed by atoms with E-state index >= 15 is 0 Å². The number of anilines is 2. The fourth-order valence-electron chi connectivity index (χ4n) is 2.35. The zero-order chi connectivity index (χ0) is 19.2. The highest BCUT2D eigenvalue weighted by molar-refractivity contribution is 7.14. The number of aromatic nitrogens is 2. The Bertz CT molecular complexity index is 1010. The molecule has 3 aromatic rings. The largest absolute Gasteiger partial charge is 0.328 e. The van der Waals surface area contributed by atoms with Gasteiger partial charge in [0.15, 0.2) is 5.13 Å². The number of nitrogens with one attached hydrogen (secondary N) is 3. The van der Waals surface area contributed by atoms with Crippen LogP contribution in [0.3, 0.4) is 0 Å². The lowest BCUT2D eigenvalue weighted by Crippen LogP contribution is -2.22. The highest BCUT2D eigenvalue weighted by atomic mass is 32.1. The molecule has 0 fully saturated rings. The van der Waals surface area contributed by atoms with Crippen molar-refractivity contribution in [3.05, 3.63) is 75.1 Å². The van der Waals surface area contributed by atoms with Crippen molar-refractivity contribution < 1.29 is 9.59 Å². The minimum Gasteiger partial charge on any atom is -0.328 e. The van der Waals surface area contributed by atoms with E-state index in [2.05, 4.69) is 20.6 Å². The second-order valence-corrected chi connectivity index (χ2v) is 6.78. The zero-order valence-corrected chi connectivity index (χ0v) is 15.4. The molecule has 0 bridgehead atoms. The maximum atomic E-state index is 12.1. The third kappa shape index (κ3) is 5.11. The maximum absolute atomic E-state index is 12.1. The van der Waals surface area contributed by atoms with Gasteiger partial charge in [-0.15, -0.1) is 11.3 Å². The zero-order valence-electron chi connectivity index (χ0n) is 14.6. The van der Waals surface area contributed by atoms with Crippen LogP contribution in [-0.2, 0) is 11.2 Å². The number of hydrogen-bond acceptors (Lipinski definition) is 5. The molecule has 2 aromatic heterocycles. The molecular formula is C19H18N4O3S. The molecule has 0 unspecified atom stereocenters. The molecule has 0 aliphatic carbocycles. The van der Waals surface area contributed by atoms with Crippen molar-refractivity contribution >= 4 is 34.0 Å². The lowest BCUT2D eigenvalue weighted by molar-refractivity contribution is -0.116. The third-order valence-corrected chi connectivity index (χ3v) is 4.59. The quantitative estimate of drug-likeness (QED) is 0.610. The fourth-order valence-corrected chi connectivity index (χ4v) is 3.09. The van der Waals surface area contributed by atoms with Crippen molar-refractivity contribution in [1.82, 2.24) is 9.97 Å². The second-order valence-electron chi connectivity index (χ2n) is 5.93. The number of nitrogens with zero attached hydrogens (tertiary/aromatic N) is 1. The summed E-state index contributed by atoms with van der Waals surface area (Å²) in [6.07, 6.45) is 2.20. The summed E-state index contributed by atoms with van der Waals surface area (Å²) < 4.78 is 0. The Morgan fingerprint density at radius 3 is 2.67 bits per heavy atom. The van der Waals surface area contributed by atoms with Crippen LogP contribution in [0.4, 0.5) is 10.8 Å². The minimum atomic E-state index is -0.519. The Morgan fingerprint density at radius 2 is 1.93 bits per heavy atom. The van der Waals surface area contributed by atoms with Crippen molar-refractivity contribution in [2.24, 2.45) is 0 Å². The number of rotatable bonds is 6. The fraction of sp³-hybridized carbons (Fsp3) is 0.158. The number of hydrogen-bond donors (Lipinski definition) is 3. The first-order valence-electron chi connectivity index (χ1n) is 8.31. The Hall–Kier alpha value is -3.26. The molecule has 3 N–H and O–H groups in total. The van der Waals surface area contributed by atoms with Crippen molar-refractivity contribution in [2.75, 3.05) is 10.6 Å². The first-order valence-corrected chi connectivity index (χ1v) is 9.19. The van der Waals surface area contributed by atoms with Gasteiger partial charge in [0.2, 0.25) is 5.91 Å². The van der Waals surface area contributed by atoms with Gasteiger partial charge in [0.25, 0.3) is 11.5 Å². The number of aryl methyl sites for hydroxylation is 2. The van der Waals surface area contributed by atoms with Crippen LogP contribution in [0, 0.1) is 6.92 Å². The molecule has 0 aliphatic heterocycles. The van der Waals surface area contributed by atoms with E-state index in [4.69, 9.17) is 0 Å². The van der Waals surface area contributed by atoms with Gasteiger partial charge >= 0.3 is 0 Å². The van der Waals surface area contributed by atoms with E-state index in [0.717, 1.165) is 11.3 Å². The number of aromatic amines is 1. The molecule has 0 atom stereocenters. The smallest absolute Gasteiger partial charge is 0.263 e. The highest BCUT2D eigenvalue weighted by Crippen LogP contribution is 2.17. The molecule has 7 nitrogen and oxygen atoms in total. The topological polar surface area (TPSA) is 104 Å². The van der Waals surface area contributed by atoms with E-state index in [0.29, 0.717) is 17.2 Å². The highest BCUT2D eigenvalue weighted by Gasteiger charge is 2.12. The average molecular weight is 382 g/mol. The molecule has 0 saturated heterocycles. The van der Waals surface area contributed by atoms with Crippen LogP contribution in [0.5, 0.6) is 0 Å². The average Bonchev–Trinajstić information content (AvgIpc) is 3.09. The van der Waals surface area contributed by atoms with Crippen molar-refractivity contribution in [2.45, 2.75) is 19.8 Å². The van der Waals surface area contributed by atoms with Gasteiger partial charge in [-0.2, -0.15) is 0 Å². The Morgan fingerprint density at radius 1 is 1.15 bits per heavy atom. The van der Waals surface area contributed by atoms with Crippen LogP contribution in [0.25, 0.3) is 0 Å². The predicted molar refractivity (Wildman–Crippen MR) is 105 cm³/mol. The number of H-pyrrole nitrogens is 1. The van der Waals surface area contributed by atoms with Crippen LogP contribution in [0.15, 0.2) is 52.8 Å². The van der Waals surface area contributed by atoms with Gasteiger partial charge in [-0.3, -0.25) is 19.7 Å². The summed E-state index contributed by atoms with van der Waals surface area (Å²) in [7, 11) is 0. The second kappa shape index (κ2) is 8.41. The van der Waals surface area contributed by atoms with E-state index in [1.165, 1.54) is 23.6 Å². The normalized spacial score (nSPS) is 10.4. The molecular weight excluding hydrogens is 364 g/mol. The maximum Gasteiger partial charge on any atom is 0.263 e. The molecule has 0 saturated carbocycles. The summed E-state index contributed by atoms with van der Waals surface area (Å²) in [5.74, 6) is -0.622. The molecule has 0 spiro atoms. The molecule has 27 heavy (non-hydrogen) atoms. The van der Waals surface area contributed by atoms with Gasteiger partial charge in [-0.25, -0.2) is 4.98 Å². The van der Waals surface area contributed by atoms with Crippen LogP contribution in [0.1, 0.15) is 28.0 Å². The number of pyridine rings is 1. The van der Waals surface area contributed by atoms with Crippen LogP contribution in [-0.4, -0.2) is 21.8 Å². The van der Waals surface area contributed by atoms with Crippen molar-refractivity contribution in [3.63, 3.8) is 0 Å². The number of amides is 2. The number of benzene rings is 1. The lowest BCUT2D eigenvalue weighted by Gasteiger charge is -2.04. The van der Waals surface area contributed by atoms with Gasteiger partial charge in [-0.1, -0.05) is 17.7 Å². The van der Waals surface area contributed by atoms with Crippen molar-refractivity contribution in [1.29, 1.82) is 0 Å². The standard InChI is InChI=1S/C19H18N4O3S/c1-12-4-6-13(7-5-12)21-16(24)9-8-14-11-27-19(22-14)23-18(26)15-3-2-10-20-17(15)25/h2-7,10-11H,8-9H2,1H3,(H,20,25)(H,21,24)(H,22,23,26). The Balaban J connectivity index is 1.52. The van der Waals surface area contributed by atoms with Gasteiger partial charge in [0.05, 0.1) is 5.69 Å². The molecule has 1 aromatic carbocycles. The van der Waals surface area contributed by atoms with Crippen molar-refractivity contribution in [3.8, 4) is 0 Å². The third-order valence-electron chi connectivity index (χ3n) is 3.78. The van der Waals surface area contributed by atoms with Gasteiger partial charge < -0.3 is 10.3 Å². The van der Waals surface area contributed by atoms with Crippen LogP contribution < -0.4 is 16.2 Å². The summed E-state index contributed by atoms with van der Waals surface area (Å²) in [5.41, 5.74) is 2.15. The minimum absolute atomic E-state index is 0.0201. The summed E-state index contributed by atoms with van der Waals surface area (Å²) in [5, 5.41) is 7.60. The lowest BCUT2D eigenvalue weighted by atomic mass is 10.2. The molecule has 2 amide bonds. The molecule has 2 heterocycles. The molecule has 0 aliphatic rings. The number of carbonyl (C=O) groups is 2. The first-order chi connectivity index (χ1) is 13.0.